The molecule has 1 fully saturated rings. The molecule has 0 saturated carbocycles. The first-order valence-corrected chi connectivity index (χ1v) is 11.2. The average Bonchev–Trinajstić information content (AvgIpc) is 3.20. The first-order chi connectivity index (χ1) is 16.0. The van der Waals surface area contributed by atoms with Crippen molar-refractivity contribution in [2.24, 2.45) is 0 Å². The zero-order valence-corrected chi connectivity index (χ0v) is 19.5. The van der Waals surface area contributed by atoms with E-state index in [1.807, 2.05) is 30.3 Å². The van der Waals surface area contributed by atoms with Gasteiger partial charge >= 0.3 is 5.97 Å². The van der Waals surface area contributed by atoms with Crippen molar-refractivity contribution in [2.45, 2.75) is 12.0 Å². The molecule has 176 valence electrons. The Balaban J connectivity index is 1.62. The smallest absolute Gasteiger partial charge is 0.325 e. The van der Waals surface area contributed by atoms with Crippen LogP contribution < -0.4 is 19.5 Å². The van der Waals surface area contributed by atoms with E-state index in [9.17, 15) is 14.4 Å². The minimum Gasteiger partial charge on any atom is -0.493 e. The summed E-state index contributed by atoms with van der Waals surface area (Å²) in [6.07, 6.45) is 0. The maximum absolute atomic E-state index is 12.5. The Morgan fingerprint density at radius 2 is 1.76 bits per heavy atom. The normalized spacial score (nSPS) is 15.2. The number of ether oxygens (including phenoxy) is 4. The third-order valence-electron chi connectivity index (χ3n) is 4.96. The summed E-state index contributed by atoms with van der Waals surface area (Å²) in [5, 5.41) is 2.06. The Bertz CT molecular complexity index is 1000. The molecule has 1 aliphatic rings. The van der Waals surface area contributed by atoms with Crippen molar-refractivity contribution >= 4 is 29.5 Å². The molecule has 2 aromatic rings. The zero-order valence-electron chi connectivity index (χ0n) is 18.7. The number of rotatable bonds is 10. The number of carbonyl (C=O) groups excluding carboxylic acids is 3. The molecule has 9 nitrogen and oxygen atoms in total. The lowest BCUT2D eigenvalue weighted by molar-refractivity contribution is -0.145. The van der Waals surface area contributed by atoms with Crippen molar-refractivity contribution in [2.75, 3.05) is 40.2 Å². The first-order valence-electron chi connectivity index (χ1n) is 10.1. The zero-order chi connectivity index (χ0) is 23.8. The Kier molecular flexibility index (Phi) is 8.42. The molecular formula is C23H26N2O7S. The summed E-state index contributed by atoms with van der Waals surface area (Å²) in [4.78, 5) is 38.4. The maximum atomic E-state index is 12.5. The third-order valence-corrected chi connectivity index (χ3v) is 6.19. The van der Waals surface area contributed by atoms with Gasteiger partial charge in [-0.05, 0) is 17.7 Å². The highest BCUT2D eigenvalue weighted by Gasteiger charge is 2.37. The van der Waals surface area contributed by atoms with E-state index in [0.717, 1.165) is 5.56 Å². The van der Waals surface area contributed by atoms with Crippen LogP contribution in [0.4, 0.5) is 0 Å². The van der Waals surface area contributed by atoms with Crippen LogP contribution in [-0.4, -0.2) is 62.9 Å². The van der Waals surface area contributed by atoms with Crippen molar-refractivity contribution in [3.8, 4) is 17.2 Å². The molecule has 2 aromatic carbocycles. The molecule has 1 N–H and O–H groups in total. The number of thioether (sulfide) groups is 1. The molecule has 0 bridgehead atoms. The van der Waals surface area contributed by atoms with Gasteiger partial charge in [0.25, 0.3) is 0 Å². The minimum atomic E-state index is -0.563. The first kappa shape index (κ1) is 24.2. The fraction of sp³-hybridized carbons (Fsp3) is 0.348. The van der Waals surface area contributed by atoms with Crippen molar-refractivity contribution in [3.05, 3.63) is 53.6 Å². The highest BCUT2D eigenvalue weighted by atomic mass is 32.2. The van der Waals surface area contributed by atoms with Gasteiger partial charge in [-0.25, -0.2) is 0 Å². The summed E-state index contributed by atoms with van der Waals surface area (Å²) in [7, 11) is 4.52. The van der Waals surface area contributed by atoms with E-state index in [1.54, 1.807) is 12.1 Å². The number of carbonyl (C=O) groups is 3. The molecule has 0 radical (unpaired) electrons. The molecule has 0 aliphatic carbocycles. The summed E-state index contributed by atoms with van der Waals surface area (Å²) in [5.41, 5.74) is 1.53. The van der Waals surface area contributed by atoms with Crippen LogP contribution in [0.1, 0.15) is 16.5 Å². The Hall–Kier alpha value is -3.40. The van der Waals surface area contributed by atoms with Crippen LogP contribution in [0.3, 0.4) is 0 Å². The topological polar surface area (TPSA) is 103 Å². The molecule has 2 amide bonds. The summed E-state index contributed by atoms with van der Waals surface area (Å²) >= 11 is 1.37. The fourth-order valence-electron chi connectivity index (χ4n) is 3.37. The Morgan fingerprint density at radius 1 is 1.03 bits per heavy atom. The van der Waals surface area contributed by atoms with Crippen molar-refractivity contribution in [1.29, 1.82) is 0 Å². The molecule has 1 atom stereocenters. The van der Waals surface area contributed by atoms with Crippen molar-refractivity contribution in [3.63, 3.8) is 0 Å². The summed E-state index contributed by atoms with van der Waals surface area (Å²) in [6, 6.07) is 12.7. The number of hydrogen-bond donors (Lipinski definition) is 1. The highest BCUT2D eigenvalue weighted by molar-refractivity contribution is 8.00. The quantitative estimate of drug-likeness (QED) is 0.523. The van der Waals surface area contributed by atoms with Gasteiger partial charge in [0.05, 0.1) is 27.1 Å². The molecule has 10 heteroatoms. The van der Waals surface area contributed by atoms with E-state index in [-0.39, 0.29) is 31.4 Å². The Morgan fingerprint density at radius 3 is 2.42 bits per heavy atom. The van der Waals surface area contributed by atoms with Crippen LogP contribution in [0.2, 0.25) is 0 Å². The van der Waals surface area contributed by atoms with Gasteiger partial charge in [0, 0.05) is 5.56 Å². The summed E-state index contributed by atoms with van der Waals surface area (Å²) in [6.45, 7) is -0.372. The molecule has 3 rings (SSSR count). The average molecular weight is 475 g/mol. The minimum absolute atomic E-state index is 0.123. The molecule has 0 spiro atoms. The predicted molar refractivity (Wildman–Crippen MR) is 122 cm³/mol. The van der Waals surface area contributed by atoms with E-state index in [0.29, 0.717) is 22.8 Å². The van der Waals surface area contributed by atoms with Crippen LogP contribution in [0.25, 0.3) is 0 Å². The SMILES string of the molecule is COc1ccc(C2SCC(=O)N2CC(=O)NCC(=O)OCc2ccccc2)c(OC)c1OC. The number of amides is 2. The standard InChI is InChI=1S/C23H26N2O7S/c1-29-17-10-9-16(21(30-2)22(17)31-3)23-25(19(27)14-33-23)12-18(26)24-11-20(28)32-13-15-7-5-4-6-8-15/h4-10,23H,11-14H2,1-3H3,(H,24,26). The Labute approximate surface area is 196 Å². The van der Waals surface area contributed by atoms with Crippen LogP contribution in [0.5, 0.6) is 17.2 Å². The maximum Gasteiger partial charge on any atom is 0.325 e. The predicted octanol–water partition coefficient (Wildman–Crippen LogP) is 2.15. The van der Waals surface area contributed by atoms with Gasteiger partial charge in [-0.15, -0.1) is 11.8 Å². The van der Waals surface area contributed by atoms with E-state index < -0.39 is 17.3 Å². The molecule has 1 unspecified atom stereocenters. The number of nitrogens with zero attached hydrogens (tertiary/aromatic N) is 1. The molecule has 33 heavy (non-hydrogen) atoms. The van der Waals surface area contributed by atoms with Gasteiger partial charge in [-0.2, -0.15) is 0 Å². The van der Waals surface area contributed by atoms with Crippen molar-refractivity contribution < 1.29 is 33.3 Å². The fourth-order valence-corrected chi connectivity index (χ4v) is 4.58. The number of nitrogens with one attached hydrogen (secondary N) is 1. The molecule has 0 aromatic heterocycles. The second-order valence-electron chi connectivity index (χ2n) is 7.03. The lowest BCUT2D eigenvalue weighted by Crippen LogP contribution is -2.41. The number of methoxy groups -OCH3 is 3. The lowest BCUT2D eigenvalue weighted by atomic mass is 10.1. The van der Waals surface area contributed by atoms with E-state index in [2.05, 4.69) is 5.32 Å². The third kappa shape index (κ3) is 5.89. The number of hydrogen-bond acceptors (Lipinski definition) is 8. The van der Waals surface area contributed by atoms with Gasteiger partial charge in [0.15, 0.2) is 11.5 Å². The van der Waals surface area contributed by atoms with E-state index >= 15 is 0 Å². The second kappa shape index (κ2) is 11.5. The molecule has 1 heterocycles. The van der Waals surface area contributed by atoms with Crippen molar-refractivity contribution in [1.82, 2.24) is 10.2 Å². The molecule has 1 aliphatic heterocycles. The lowest BCUT2D eigenvalue weighted by Gasteiger charge is -2.26. The number of esters is 1. The van der Waals surface area contributed by atoms with E-state index in [1.165, 1.54) is 38.0 Å². The van der Waals surface area contributed by atoms with Crippen LogP contribution >= 0.6 is 11.8 Å². The number of benzene rings is 2. The van der Waals surface area contributed by atoms with Crippen LogP contribution in [0.15, 0.2) is 42.5 Å². The van der Waals surface area contributed by atoms with Gasteiger partial charge in [-0.3, -0.25) is 14.4 Å². The highest BCUT2D eigenvalue weighted by Crippen LogP contribution is 2.48. The summed E-state index contributed by atoms with van der Waals surface area (Å²) < 4.78 is 21.4. The van der Waals surface area contributed by atoms with Gasteiger partial charge < -0.3 is 29.2 Å². The van der Waals surface area contributed by atoms with Gasteiger partial charge in [-0.1, -0.05) is 30.3 Å². The van der Waals surface area contributed by atoms with Crippen LogP contribution in [-0.2, 0) is 25.7 Å². The summed E-state index contributed by atoms with van der Waals surface area (Å²) in [5.74, 6) is 0.324. The largest absolute Gasteiger partial charge is 0.493 e. The van der Waals surface area contributed by atoms with Gasteiger partial charge in [0.2, 0.25) is 17.6 Å². The monoisotopic (exact) mass is 474 g/mol. The van der Waals surface area contributed by atoms with E-state index in [4.69, 9.17) is 18.9 Å². The molecular weight excluding hydrogens is 448 g/mol. The second-order valence-corrected chi connectivity index (χ2v) is 8.10. The van der Waals surface area contributed by atoms with Crippen LogP contribution in [0, 0.1) is 0 Å². The van der Waals surface area contributed by atoms with Gasteiger partial charge in [0.1, 0.15) is 25.1 Å². The molecule has 1 saturated heterocycles.